The molecule has 1 atom stereocenters. The largest absolute Gasteiger partial charge is 0.321 e. The molecule has 29 heavy (non-hydrogen) atoms. The quantitative estimate of drug-likeness (QED) is 0.522. The summed E-state index contributed by atoms with van der Waals surface area (Å²) in [6.45, 7) is 5.74. The van der Waals surface area contributed by atoms with E-state index in [4.69, 9.17) is 0 Å². The maximum atomic E-state index is 12.5. The molecule has 0 fully saturated rings. The van der Waals surface area contributed by atoms with Crippen LogP contribution in [0.5, 0.6) is 0 Å². The number of amides is 1. The summed E-state index contributed by atoms with van der Waals surface area (Å²) < 4.78 is 0. The zero-order valence-corrected chi connectivity index (χ0v) is 17.1. The minimum atomic E-state index is -0.145. The summed E-state index contributed by atoms with van der Waals surface area (Å²) in [5, 5.41) is 3.54. The summed E-state index contributed by atoms with van der Waals surface area (Å²) in [4.78, 5) is 33.1. The Morgan fingerprint density at radius 1 is 1.10 bits per heavy atom. The molecule has 3 N–H and O–H groups in total. The first-order valence-corrected chi connectivity index (χ1v) is 10.3. The number of carbonyl (C=O) groups is 1. The van der Waals surface area contributed by atoms with Crippen LogP contribution in [0.25, 0.3) is 10.9 Å². The van der Waals surface area contributed by atoms with Crippen molar-refractivity contribution in [1.82, 2.24) is 9.97 Å². The predicted molar refractivity (Wildman–Crippen MR) is 116 cm³/mol. The fraction of sp³-hybridized carbons (Fsp3) is 0.348. The molecule has 6 nitrogen and oxygen atoms in total. The third-order valence-electron chi connectivity index (χ3n) is 5.05. The number of hydrogen-bond acceptors (Lipinski definition) is 3. The van der Waals surface area contributed by atoms with Crippen molar-refractivity contribution in [2.24, 2.45) is 0 Å². The molecule has 0 aliphatic carbocycles. The Balaban J connectivity index is 1.61. The fourth-order valence-electron chi connectivity index (χ4n) is 3.34. The summed E-state index contributed by atoms with van der Waals surface area (Å²) in [5.41, 5.74) is 2.63. The minimum Gasteiger partial charge on any atom is -0.321 e. The molecule has 3 rings (SSSR count). The number of likely N-dealkylation sites (N-methyl/N-ethyl adjacent to an activating group) is 1. The van der Waals surface area contributed by atoms with Gasteiger partial charge in [0.2, 0.25) is 0 Å². The van der Waals surface area contributed by atoms with Crippen molar-refractivity contribution in [1.29, 1.82) is 0 Å². The van der Waals surface area contributed by atoms with Gasteiger partial charge in [0, 0.05) is 5.69 Å². The van der Waals surface area contributed by atoms with E-state index in [1.807, 2.05) is 37.3 Å². The van der Waals surface area contributed by atoms with E-state index < -0.39 is 0 Å². The van der Waals surface area contributed by atoms with Crippen LogP contribution in [-0.4, -0.2) is 29.0 Å². The number of fused-ring (bicyclic) bond motifs is 1. The lowest BCUT2D eigenvalue weighted by molar-refractivity contribution is -0.904. The van der Waals surface area contributed by atoms with E-state index in [1.54, 1.807) is 6.07 Å². The van der Waals surface area contributed by atoms with Crippen LogP contribution in [0, 0.1) is 0 Å². The Bertz CT molecular complexity index is 1010. The molecule has 1 unspecified atom stereocenters. The number of benzene rings is 2. The summed E-state index contributed by atoms with van der Waals surface area (Å²) >= 11 is 0. The Labute approximate surface area is 171 Å². The van der Waals surface area contributed by atoms with E-state index in [-0.39, 0.29) is 11.5 Å². The first kappa shape index (κ1) is 20.7. The van der Waals surface area contributed by atoms with E-state index in [0.717, 1.165) is 23.6 Å². The third-order valence-corrected chi connectivity index (χ3v) is 5.05. The molecule has 0 aliphatic heterocycles. The van der Waals surface area contributed by atoms with Gasteiger partial charge in [-0.05, 0) is 49.6 Å². The number of para-hydroxylation sites is 1. The number of nitrogens with zero attached hydrogens (tertiary/aromatic N) is 1. The Kier molecular flexibility index (Phi) is 7.14. The SMILES string of the molecule is CCCCc1ccc(NC(=O)C[NH+](CC)Cc2nc3ccccc3c(=O)[nH]2)cc1. The highest BCUT2D eigenvalue weighted by molar-refractivity contribution is 5.91. The average molecular weight is 394 g/mol. The highest BCUT2D eigenvalue weighted by atomic mass is 16.2. The van der Waals surface area contributed by atoms with E-state index in [2.05, 4.69) is 34.3 Å². The smallest absolute Gasteiger partial charge is 0.279 e. The molecule has 1 heterocycles. The van der Waals surface area contributed by atoms with Crippen molar-refractivity contribution in [2.75, 3.05) is 18.4 Å². The molecule has 3 aromatic rings. The number of anilines is 1. The molecule has 0 bridgehead atoms. The topological polar surface area (TPSA) is 79.3 Å². The van der Waals surface area contributed by atoms with Crippen LogP contribution in [0.4, 0.5) is 5.69 Å². The van der Waals surface area contributed by atoms with Crippen molar-refractivity contribution in [3.05, 3.63) is 70.3 Å². The highest BCUT2D eigenvalue weighted by Gasteiger charge is 2.15. The van der Waals surface area contributed by atoms with Crippen molar-refractivity contribution in [3.63, 3.8) is 0 Å². The van der Waals surface area contributed by atoms with Crippen LogP contribution in [0.15, 0.2) is 53.3 Å². The molecule has 0 radical (unpaired) electrons. The fourth-order valence-corrected chi connectivity index (χ4v) is 3.34. The second kappa shape index (κ2) is 9.98. The van der Waals surface area contributed by atoms with Gasteiger partial charge < -0.3 is 15.2 Å². The molecule has 6 heteroatoms. The van der Waals surface area contributed by atoms with Gasteiger partial charge in [0.1, 0.15) is 6.54 Å². The number of aryl methyl sites for hydroxylation is 1. The third kappa shape index (κ3) is 5.74. The number of carbonyl (C=O) groups excluding carboxylic acids is 1. The zero-order valence-electron chi connectivity index (χ0n) is 17.1. The van der Waals surface area contributed by atoms with Crippen LogP contribution >= 0.6 is 0 Å². The standard InChI is InChI=1S/C23H28N4O2/c1-3-5-8-17-11-13-18(14-12-17)24-22(28)16-27(4-2)15-21-25-20-10-7-6-9-19(20)23(29)26-21/h6-7,9-14H,3-5,8,15-16H2,1-2H3,(H,24,28)(H,25,26,29)/p+1. The van der Waals surface area contributed by atoms with Gasteiger partial charge in [-0.3, -0.25) is 9.59 Å². The molecule has 1 amide bonds. The summed E-state index contributed by atoms with van der Waals surface area (Å²) in [7, 11) is 0. The van der Waals surface area contributed by atoms with Gasteiger partial charge in [-0.25, -0.2) is 4.98 Å². The number of rotatable bonds is 9. The lowest BCUT2D eigenvalue weighted by Gasteiger charge is -2.17. The predicted octanol–water partition coefficient (Wildman–Crippen LogP) is 2.31. The van der Waals surface area contributed by atoms with Gasteiger partial charge in [0.25, 0.3) is 11.5 Å². The van der Waals surface area contributed by atoms with E-state index >= 15 is 0 Å². The zero-order chi connectivity index (χ0) is 20.6. The summed E-state index contributed by atoms with van der Waals surface area (Å²) in [5.74, 6) is 0.546. The van der Waals surface area contributed by atoms with Gasteiger partial charge in [-0.1, -0.05) is 37.6 Å². The average Bonchev–Trinajstić information content (AvgIpc) is 2.73. The van der Waals surface area contributed by atoms with Crippen LogP contribution in [-0.2, 0) is 17.8 Å². The molecule has 2 aromatic carbocycles. The van der Waals surface area contributed by atoms with Gasteiger partial charge in [0.15, 0.2) is 12.4 Å². The monoisotopic (exact) mass is 393 g/mol. The maximum Gasteiger partial charge on any atom is 0.279 e. The van der Waals surface area contributed by atoms with Crippen molar-refractivity contribution < 1.29 is 9.69 Å². The highest BCUT2D eigenvalue weighted by Crippen LogP contribution is 2.11. The van der Waals surface area contributed by atoms with Crippen molar-refractivity contribution in [2.45, 2.75) is 39.7 Å². The molecule has 0 spiro atoms. The number of hydrogen-bond donors (Lipinski definition) is 3. The van der Waals surface area contributed by atoms with Crippen molar-refractivity contribution in [3.8, 4) is 0 Å². The van der Waals surface area contributed by atoms with Crippen molar-refractivity contribution >= 4 is 22.5 Å². The number of quaternary nitrogens is 1. The summed E-state index contributed by atoms with van der Waals surface area (Å²) in [6, 6.07) is 15.3. The van der Waals surface area contributed by atoms with Crippen LogP contribution in [0.3, 0.4) is 0 Å². The molecule has 1 aromatic heterocycles. The summed E-state index contributed by atoms with van der Waals surface area (Å²) in [6.07, 6.45) is 3.41. The molecular weight excluding hydrogens is 364 g/mol. The lowest BCUT2D eigenvalue weighted by Crippen LogP contribution is -3.11. The Morgan fingerprint density at radius 2 is 1.86 bits per heavy atom. The Hall–Kier alpha value is -2.99. The van der Waals surface area contributed by atoms with E-state index in [9.17, 15) is 9.59 Å². The van der Waals surface area contributed by atoms with E-state index in [0.29, 0.717) is 29.8 Å². The first-order chi connectivity index (χ1) is 14.1. The molecule has 152 valence electrons. The number of aromatic nitrogens is 2. The van der Waals surface area contributed by atoms with Crippen LogP contribution in [0.1, 0.15) is 38.1 Å². The van der Waals surface area contributed by atoms with Crippen LogP contribution in [0.2, 0.25) is 0 Å². The lowest BCUT2D eigenvalue weighted by atomic mass is 10.1. The number of unbranched alkanes of at least 4 members (excludes halogenated alkanes) is 1. The first-order valence-electron chi connectivity index (χ1n) is 10.3. The second-order valence-electron chi connectivity index (χ2n) is 7.34. The number of H-pyrrole nitrogens is 1. The van der Waals surface area contributed by atoms with Gasteiger partial charge in [-0.15, -0.1) is 0 Å². The second-order valence-corrected chi connectivity index (χ2v) is 7.34. The Morgan fingerprint density at radius 3 is 2.59 bits per heavy atom. The molecule has 0 aliphatic rings. The number of nitrogens with one attached hydrogen (secondary N) is 3. The molecular formula is C23H29N4O2+. The van der Waals surface area contributed by atoms with Crippen LogP contribution < -0.4 is 15.8 Å². The normalized spacial score (nSPS) is 12.1. The molecule has 0 saturated carbocycles. The van der Waals surface area contributed by atoms with E-state index in [1.165, 1.54) is 18.4 Å². The van der Waals surface area contributed by atoms with Gasteiger partial charge in [-0.2, -0.15) is 0 Å². The number of aromatic amines is 1. The maximum absolute atomic E-state index is 12.5. The minimum absolute atomic E-state index is 0.0497. The van der Waals surface area contributed by atoms with Gasteiger partial charge in [0.05, 0.1) is 17.4 Å². The van der Waals surface area contributed by atoms with Gasteiger partial charge >= 0.3 is 0 Å². The molecule has 0 saturated heterocycles.